The summed E-state index contributed by atoms with van der Waals surface area (Å²) in [5.41, 5.74) is 7.16. The van der Waals surface area contributed by atoms with E-state index in [4.69, 9.17) is 18.0 Å². The molecule has 1 aromatic carbocycles. The maximum atomic E-state index is 11.9. The van der Waals surface area contributed by atoms with Crippen LogP contribution in [0.2, 0.25) is 0 Å². The summed E-state index contributed by atoms with van der Waals surface area (Å²) < 4.78 is 25.2. The zero-order chi connectivity index (χ0) is 13.9. The summed E-state index contributed by atoms with van der Waals surface area (Å²) >= 11 is 4.90. The number of rotatable bonds is 5. The molecule has 0 saturated heterocycles. The summed E-state index contributed by atoms with van der Waals surface area (Å²) in [7, 11) is -1.67. The molecule has 0 spiro atoms. The summed E-state index contributed by atoms with van der Waals surface area (Å²) in [4.78, 5) is 0.311. The van der Waals surface area contributed by atoms with Gasteiger partial charge in [0.05, 0.1) is 5.25 Å². The Labute approximate surface area is 114 Å². The van der Waals surface area contributed by atoms with Gasteiger partial charge in [-0.2, -0.15) is 0 Å². The van der Waals surface area contributed by atoms with Gasteiger partial charge in [-0.25, -0.2) is 12.7 Å². The zero-order valence-corrected chi connectivity index (χ0v) is 12.4. The molecule has 0 bridgehead atoms. The molecule has 0 atom stereocenters. The summed E-state index contributed by atoms with van der Waals surface area (Å²) in [6, 6.07) is 7.30. The molecule has 0 heterocycles. The third-order valence-electron chi connectivity index (χ3n) is 2.65. The van der Waals surface area contributed by atoms with E-state index >= 15 is 0 Å². The van der Waals surface area contributed by atoms with E-state index in [1.54, 1.807) is 20.9 Å². The van der Waals surface area contributed by atoms with Crippen molar-refractivity contribution in [3.8, 4) is 0 Å². The van der Waals surface area contributed by atoms with Crippen LogP contribution in [0, 0.1) is 0 Å². The molecular weight excluding hydrogens is 268 g/mol. The van der Waals surface area contributed by atoms with Gasteiger partial charge in [-0.3, -0.25) is 0 Å². The van der Waals surface area contributed by atoms with Gasteiger partial charge in [0.2, 0.25) is 10.0 Å². The quantitative estimate of drug-likeness (QED) is 0.833. The molecule has 18 heavy (non-hydrogen) atoms. The van der Waals surface area contributed by atoms with Gasteiger partial charge in [-0.15, -0.1) is 0 Å². The van der Waals surface area contributed by atoms with Crippen molar-refractivity contribution in [3.63, 3.8) is 0 Å². The standard InChI is InChI=1S/C12H18N2O2S2/c1-9(2)18(15,16)14(3)8-10-5-4-6-11(7-10)12(13)17/h4-7,9H,8H2,1-3H3,(H2,13,17). The maximum Gasteiger partial charge on any atom is 0.216 e. The number of benzene rings is 1. The normalized spacial score (nSPS) is 12.1. The van der Waals surface area contributed by atoms with Gasteiger partial charge < -0.3 is 5.73 Å². The van der Waals surface area contributed by atoms with Gasteiger partial charge in [0, 0.05) is 19.2 Å². The SMILES string of the molecule is CC(C)S(=O)(=O)N(C)Cc1cccc(C(N)=S)c1. The van der Waals surface area contributed by atoms with Crippen LogP contribution in [0.1, 0.15) is 25.0 Å². The number of thiocarbonyl (C=S) groups is 1. The van der Waals surface area contributed by atoms with Gasteiger partial charge >= 0.3 is 0 Å². The molecule has 1 aromatic rings. The number of nitrogens with zero attached hydrogens (tertiary/aromatic N) is 1. The largest absolute Gasteiger partial charge is 0.389 e. The Morgan fingerprint density at radius 3 is 2.56 bits per heavy atom. The molecule has 4 nitrogen and oxygen atoms in total. The molecule has 0 aromatic heterocycles. The van der Waals surface area contributed by atoms with Crippen molar-refractivity contribution >= 4 is 27.2 Å². The molecule has 0 amide bonds. The van der Waals surface area contributed by atoms with Crippen molar-refractivity contribution in [2.24, 2.45) is 5.73 Å². The van der Waals surface area contributed by atoms with Gasteiger partial charge in [-0.1, -0.05) is 30.4 Å². The monoisotopic (exact) mass is 286 g/mol. The lowest BCUT2D eigenvalue weighted by Crippen LogP contribution is -2.32. The Morgan fingerprint density at radius 1 is 1.44 bits per heavy atom. The highest BCUT2D eigenvalue weighted by atomic mass is 32.2. The van der Waals surface area contributed by atoms with Crippen LogP contribution in [0.15, 0.2) is 24.3 Å². The Morgan fingerprint density at radius 2 is 2.06 bits per heavy atom. The topological polar surface area (TPSA) is 63.4 Å². The van der Waals surface area contributed by atoms with E-state index in [9.17, 15) is 8.42 Å². The highest BCUT2D eigenvalue weighted by molar-refractivity contribution is 7.89. The van der Waals surface area contributed by atoms with Crippen LogP contribution in [0.25, 0.3) is 0 Å². The first-order chi connectivity index (χ1) is 8.25. The molecular formula is C12H18N2O2S2. The van der Waals surface area contributed by atoms with Gasteiger partial charge in [0.25, 0.3) is 0 Å². The van der Waals surface area contributed by atoms with Crippen LogP contribution in [0.3, 0.4) is 0 Å². The highest BCUT2D eigenvalue weighted by Crippen LogP contribution is 2.13. The van der Waals surface area contributed by atoms with Crippen molar-refractivity contribution in [3.05, 3.63) is 35.4 Å². The molecule has 0 aliphatic carbocycles. The number of sulfonamides is 1. The second-order valence-electron chi connectivity index (χ2n) is 4.41. The smallest absolute Gasteiger partial charge is 0.216 e. The summed E-state index contributed by atoms with van der Waals surface area (Å²) in [5, 5.41) is -0.429. The number of nitrogens with two attached hydrogens (primary N) is 1. The van der Waals surface area contributed by atoms with E-state index in [-0.39, 0.29) is 0 Å². The fraction of sp³-hybridized carbons (Fsp3) is 0.417. The highest BCUT2D eigenvalue weighted by Gasteiger charge is 2.22. The molecule has 0 aliphatic heterocycles. The molecule has 0 saturated carbocycles. The van der Waals surface area contributed by atoms with Gasteiger partial charge in [0.1, 0.15) is 4.99 Å². The van der Waals surface area contributed by atoms with Crippen LogP contribution in [-0.2, 0) is 16.6 Å². The minimum absolute atomic E-state index is 0.311. The summed E-state index contributed by atoms with van der Waals surface area (Å²) in [6.45, 7) is 3.64. The van der Waals surface area contributed by atoms with E-state index in [2.05, 4.69) is 0 Å². The lowest BCUT2D eigenvalue weighted by atomic mass is 10.1. The van der Waals surface area contributed by atoms with Crippen LogP contribution < -0.4 is 5.73 Å². The van der Waals surface area contributed by atoms with Crippen molar-refractivity contribution in [1.29, 1.82) is 0 Å². The predicted octanol–water partition coefficient (Wildman–Crippen LogP) is 1.49. The fourth-order valence-corrected chi connectivity index (χ4v) is 2.71. The van der Waals surface area contributed by atoms with Crippen molar-refractivity contribution in [2.45, 2.75) is 25.6 Å². The maximum absolute atomic E-state index is 11.9. The Hall–Kier alpha value is -0.980. The second kappa shape index (κ2) is 5.77. The molecule has 6 heteroatoms. The number of hydrogen-bond acceptors (Lipinski definition) is 3. The van der Waals surface area contributed by atoms with Crippen LogP contribution in [0.4, 0.5) is 0 Å². The summed E-state index contributed by atoms with van der Waals surface area (Å²) in [6.07, 6.45) is 0. The minimum atomic E-state index is -3.24. The third-order valence-corrected chi connectivity index (χ3v) is 5.07. The first-order valence-corrected chi connectivity index (χ1v) is 7.50. The summed E-state index contributed by atoms with van der Waals surface area (Å²) in [5.74, 6) is 0. The molecule has 0 unspecified atom stereocenters. The fourth-order valence-electron chi connectivity index (χ4n) is 1.53. The Kier molecular flexibility index (Phi) is 4.84. The predicted molar refractivity (Wildman–Crippen MR) is 77.9 cm³/mol. The Bertz CT molecular complexity index is 539. The van der Waals surface area contributed by atoms with Gasteiger partial charge in [-0.05, 0) is 25.5 Å². The molecule has 2 N–H and O–H groups in total. The molecule has 1 rings (SSSR count). The van der Waals surface area contributed by atoms with E-state index in [0.29, 0.717) is 11.5 Å². The minimum Gasteiger partial charge on any atom is -0.389 e. The molecule has 0 radical (unpaired) electrons. The van der Waals surface area contributed by atoms with Crippen LogP contribution in [-0.4, -0.2) is 30.0 Å². The van der Waals surface area contributed by atoms with Crippen molar-refractivity contribution < 1.29 is 8.42 Å². The average molecular weight is 286 g/mol. The van der Waals surface area contributed by atoms with E-state index < -0.39 is 15.3 Å². The van der Waals surface area contributed by atoms with E-state index in [0.717, 1.165) is 11.1 Å². The second-order valence-corrected chi connectivity index (χ2v) is 7.45. The molecule has 100 valence electrons. The van der Waals surface area contributed by atoms with Crippen LogP contribution >= 0.6 is 12.2 Å². The average Bonchev–Trinajstić information content (AvgIpc) is 2.28. The van der Waals surface area contributed by atoms with E-state index in [1.165, 1.54) is 4.31 Å². The first kappa shape index (κ1) is 15.1. The lowest BCUT2D eigenvalue weighted by Gasteiger charge is -2.19. The van der Waals surface area contributed by atoms with Crippen molar-refractivity contribution in [1.82, 2.24) is 4.31 Å². The number of hydrogen-bond donors (Lipinski definition) is 1. The van der Waals surface area contributed by atoms with Crippen molar-refractivity contribution in [2.75, 3.05) is 7.05 Å². The third kappa shape index (κ3) is 3.51. The van der Waals surface area contributed by atoms with Crippen LogP contribution in [0.5, 0.6) is 0 Å². The molecule has 0 aliphatic rings. The first-order valence-electron chi connectivity index (χ1n) is 5.59. The lowest BCUT2D eigenvalue weighted by molar-refractivity contribution is 0.459. The Balaban J connectivity index is 2.92. The molecule has 0 fully saturated rings. The zero-order valence-electron chi connectivity index (χ0n) is 10.8. The van der Waals surface area contributed by atoms with E-state index in [1.807, 2.05) is 24.3 Å². The van der Waals surface area contributed by atoms with Gasteiger partial charge in [0.15, 0.2) is 0 Å².